The molecule has 6 nitrogen and oxygen atoms in total. The summed E-state index contributed by atoms with van der Waals surface area (Å²) in [6.45, 7) is 1.44. The van der Waals surface area contributed by atoms with Crippen molar-refractivity contribution in [1.29, 1.82) is 0 Å². The largest absolute Gasteiger partial charge is 0.423 e. The van der Waals surface area contributed by atoms with E-state index < -0.39 is 12.3 Å². The fourth-order valence-electron chi connectivity index (χ4n) is 3.99. The van der Waals surface area contributed by atoms with Gasteiger partial charge < -0.3 is 19.4 Å². The summed E-state index contributed by atoms with van der Waals surface area (Å²) in [5.74, 6) is 0. The average Bonchev–Trinajstić information content (AvgIpc) is 3.31. The number of ether oxygens (including phenoxy) is 1. The Bertz CT molecular complexity index is 988. The number of oxazole rings is 1. The zero-order valence-electron chi connectivity index (χ0n) is 14.9. The number of thiazole rings is 1. The van der Waals surface area contributed by atoms with Gasteiger partial charge in [-0.1, -0.05) is 6.07 Å². The van der Waals surface area contributed by atoms with Gasteiger partial charge >= 0.3 is 6.18 Å². The topological polar surface area (TPSA) is 63.4 Å². The first kappa shape index (κ1) is 17.9. The predicted octanol–water partition coefficient (Wildman–Crippen LogP) is 3.75. The van der Waals surface area contributed by atoms with Crippen LogP contribution in [0.3, 0.4) is 0 Å². The number of methoxy groups -OCH3 is 1. The second-order valence-electron chi connectivity index (χ2n) is 7.07. The molecule has 1 N–H and O–H groups in total. The quantitative estimate of drug-likeness (QED) is 0.707. The fourth-order valence-corrected chi connectivity index (χ4v) is 4.65. The number of piperazine rings is 1. The van der Waals surface area contributed by atoms with Gasteiger partial charge in [-0.3, -0.25) is 0 Å². The minimum atomic E-state index is -4.56. The third-order valence-corrected chi connectivity index (χ3v) is 6.04. The van der Waals surface area contributed by atoms with E-state index in [-0.39, 0.29) is 11.1 Å². The Kier molecular flexibility index (Phi) is 4.11. The molecule has 2 bridgehead atoms. The van der Waals surface area contributed by atoms with Crippen LogP contribution < -0.4 is 10.2 Å². The maximum Gasteiger partial charge on any atom is 0.418 e. The number of hydrogen-bond acceptors (Lipinski definition) is 7. The van der Waals surface area contributed by atoms with E-state index in [1.165, 1.54) is 17.4 Å². The lowest BCUT2D eigenvalue weighted by molar-refractivity contribution is -0.215. The van der Waals surface area contributed by atoms with E-state index in [9.17, 15) is 13.2 Å². The molecule has 10 heteroatoms. The first-order chi connectivity index (χ1) is 13.4. The predicted molar refractivity (Wildman–Crippen MR) is 98.5 cm³/mol. The summed E-state index contributed by atoms with van der Waals surface area (Å²) in [5.41, 5.74) is 1.05. The number of aromatic nitrogens is 2. The Balaban J connectivity index is 1.66. The first-order valence-electron chi connectivity index (χ1n) is 8.88. The molecular weight excluding hydrogens is 393 g/mol. The van der Waals surface area contributed by atoms with Gasteiger partial charge in [0.05, 0.1) is 5.56 Å². The number of hydrogen-bond donors (Lipinski definition) is 1. The van der Waals surface area contributed by atoms with Gasteiger partial charge in [0.15, 0.2) is 11.7 Å². The van der Waals surface area contributed by atoms with Crippen LogP contribution >= 0.6 is 11.3 Å². The number of alkyl halides is 3. The molecule has 3 atom stereocenters. The van der Waals surface area contributed by atoms with Gasteiger partial charge in [-0.2, -0.15) is 18.2 Å². The Morgan fingerprint density at radius 3 is 2.68 bits per heavy atom. The summed E-state index contributed by atoms with van der Waals surface area (Å²) in [7, 11) is 1.05. The highest BCUT2D eigenvalue weighted by atomic mass is 32.1. The van der Waals surface area contributed by atoms with Crippen LogP contribution in [0, 0.1) is 0 Å². The molecular formula is C18H17F3N4O2S. The van der Waals surface area contributed by atoms with Crippen molar-refractivity contribution in [2.75, 3.05) is 25.1 Å². The zero-order chi connectivity index (χ0) is 19.5. The van der Waals surface area contributed by atoms with E-state index in [2.05, 4.69) is 15.3 Å². The van der Waals surface area contributed by atoms with Crippen molar-refractivity contribution < 1.29 is 22.3 Å². The zero-order valence-corrected chi connectivity index (χ0v) is 15.7. The number of halogens is 3. The standard InChI is InChI=1S/C18H17F3N4O2S/c1-26-15(18(19,20)21)11-2-3-12(16-22-4-5-28-16)14-13(11)24-17(27-14)25-7-9-6-10(8-25)23-9/h2-5,9-10,15,23H,6-8H2,1H3. The van der Waals surface area contributed by atoms with Crippen molar-refractivity contribution in [3.63, 3.8) is 0 Å². The van der Waals surface area contributed by atoms with Gasteiger partial charge in [0.25, 0.3) is 6.01 Å². The second-order valence-corrected chi connectivity index (χ2v) is 7.97. The Morgan fingerprint density at radius 1 is 1.32 bits per heavy atom. The number of benzene rings is 1. The molecule has 3 aliphatic rings. The first-order valence-corrected chi connectivity index (χ1v) is 9.76. The SMILES string of the molecule is COC(c1ccc(-c2nccs2)c2oc(N3CC4CC(C3)N4)nc12)C(F)(F)F. The van der Waals surface area contributed by atoms with Crippen LogP contribution in [0.4, 0.5) is 19.2 Å². The molecule has 3 saturated heterocycles. The van der Waals surface area contributed by atoms with E-state index in [1.807, 2.05) is 10.3 Å². The van der Waals surface area contributed by atoms with E-state index in [0.717, 1.165) is 26.6 Å². The van der Waals surface area contributed by atoms with Crippen molar-refractivity contribution in [2.24, 2.45) is 0 Å². The lowest BCUT2D eigenvalue weighted by Crippen LogP contribution is -2.67. The molecule has 5 heterocycles. The van der Waals surface area contributed by atoms with Crippen molar-refractivity contribution in [1.82, 2.24) is 15.3 Å². The van der Waals surface area contributed by atoms with Crippen molar-refractivity contribution in [3.8, 4) is 10.6 Å². The van der Waals surface area contributed by atoms with Gasteiger partial charge in [0.1, 0.15) is 10.5 Å². The summed E-state index contributed by atoms with van der Waals surface area (Å²) in [6.07, 6.45) is -3.88. The minimum absolute atomic E-state index is 0.0550. The van der Waals surface area contributed by atoms with Crippen LogP contribution in [0.2, 0.25) is 0 Å². The molecule has 148 valence electrons. The molecule has 0 radical (unpaired) electrons. The number of fused-ring (bicyclic) bond motifs is 3. The smallest absolute Gasteiger partial charge is 0.418 e. The maximum absolute atomic E-state index is 13.5. The number of nitrogens with one attached hydrogen (secondary N) is 1. The van der Waals surface area contributed by atoms with Gasteiger partial charge in [0, 0.05) is 49.4 Å². The molecule has 6 rings (SSSR count). The maximum atomic E-state index is 13.5. The molecule has 3 fully saturated rings. The highest BCUT2D eigenvalue weighted by molar-refractivity contribution is 7.13. The Labute approximate surface area is 162 Å². The third-order valence-electron chi connectivity index (χ3n) is 5.23. The van der Waals surface area contributed by atoms with Gasteiger partial charge in [-0.05, 0) is 12.5 Å². The molecule has 3 aromatic rings. The Hall–Kier alpha value is -2.17. The molecule has 0 aliphatic carbocycles. The van der Waals surface area contributed by atoms with Crippen LogP contribution in [0.5, 0.6) is 0 Å². The summed E-state index contributed by atoms with van der Waals surface area (Å²) >= 11 is 1.39. The highest BCUT2D eigenvalue weighted by Crippen LogP contribution is 2.42. The van der Waals surface area contributed by atoms with Crippen molar-refractivity contribution in [3.05, 3.63) is 29.3 Å². The van der Waals surface area contributed by atoms with Crippen molar-refractivity contribution >= 4 is 28.5 Å². The lowest BCUT2D eigenvalue weighted by atomic mass is 9.92. The van der Waals surface area contributed by atoms with E-state index in [0.29, 0.717) is 34.3 Å². The second kappa shape index (κ2) is 6.43. The molecule has 3 aliphatic heterocycles. The van der Waals surface area contributed by atoms with Gasteiger partial charge in [-0.15, -0.1) is 11.3 Å². The Morgan fingerprint density at radius 2 is 2.07 bits per heavy atom. The average molecular weight is 410 g/mol. The van der Waals surface area contributed by atoms with Gasteiger partial charge in [-0.25, -0.2) is 4.98 Å². The van der Waals surface area contributed by atoms with Crippen LogP contribution in [-0.2, 0) is 4.74 Å². The van der Waals surface area contributed by atoms with E-state index >= 15 is 0 Å². The van der Waals surface area contributed by atoms with Crippen LogP contribution in [0.25, 0.3) is 21.7 Å². The van der Waals surface area contributed by atoms with E-state index in [4.69, 9.17) is 9.15 Å². The summed E-state index contributed by atoms with van der Waals surface area (Å²) in [6, 6.07) is 4.08. The van der Waals surface area contributed by atoms with Crippen LogP contribution in [0.1, 0.15) is 18.1 Å². The molecule has 0 saturated carbocycles. The molecule has 3 unspecified atom stereocenters. The monoisotopic (exact) mass is 410 g/mol. The number of anilines is 1. The summed E-state index contributed by atoms with van der Waals surface area (Å²) in [4.78, 5) is 10.7. The summed E-state index contributed by atoms with van der Waals surface area (Å²) in [5, 5.41) is 5.90. The van der Waals surface area contributed by atoms with Crippen molar-refractivity contribution in [2.45, 2.75) is 30.8 Å². The normalized spacial score (nSPS) is 23.1. The van der Waals surface area contributed by atoms with Crippen LogP contribution in [-0.4, -0.2) is 48.4 Å². The minimum Gasteiger partial charge on any atom is -0.423 e. The molecule has 1 aromatic carbocycles. The molecule has 28 heavy (non-hydrogen) atoms. The number of rotatable bonds is 4. The fraction of sp³-hybridized carbons (Fsp3) is 0.444. The molecule has 2 aromatic heterocycles. The van der Waals surface area contributed by atoms with Gasteiger partial charge in [0.2, 0.25) is 0 Å². The molecule has 0 spiro atoms. The third kappa shape index (κ3) is 2.87. The van der Waals surface area contributed by atoms with E-state index in [1.54, 1.807) is 12.3 Å². The molecule has 0 amide bonds. The lowest BCUT2D eigenvalue weighted by Gasteiger charge is -2.47. The highest BCUT2D eigenvalue weighted by Gasteiger charge is 2.43. The number of nitrogens with zero attached hydrogens (tertiary/aromatic N) is 3. The number of piperidine rings is 1. The summed E-state index contributed by atoms with van der Waals surface area (Å²) < 4.78 is 51.3. The van der Waals surface area contributed by atoms with Crippen LogP contribution in [0.15, 0.2) is 28.1 Å².